The van der Waals surface area contributed by atoms with Crippen LogP contribution in [0.3, 0.4) is 0 Å². The van der Waals surface area contributed by atoms with E-state index in [-0.39, 0.29) is 11.8 Å². The third-order valence-corrected chi connectivity index (χ3v) is 4.98. The first-order valence-electron chi connectivity index (χ1n) is 9.12. The maximum atomic E-state index is 12.4. The van der Waals surface area contributed by atoms with Crippen LogP contribution in [0.4, 0.5) is 5.82 Å². The minimum Gasteiger partial charge on any atom is -0.356 e. The van der Waals surface area contributed by atoms with E-state index in [9.17, 15) is 4.79 Å². The second-order valence-electron chi connectivity index (χ2n) is 7.21. The number of amides is 1. The Morgan fingerprint density at radius 3 is 2.72 bits per heavy atom. The monoisotopic (exact) mass is 348 g/mol. The molecule has 3 rings (SSSR count). The highest BCUT2D eigenvalue weighted by Gasteiger charge is 2.33. The second-order valence-corrected chi connectivity index (χ2v) is 7.21. The molecular weight excluding hydrogens is 320 g/mol. The lowest BCUT2D eigenvalue weighted by atomic mass is 9.95. The lowest BCUT2D eigenvalue weighted by Gasteiger charge is -2.32. The van der Waals surface area contributed by atoms with Gasteiger partial charge in [-0.2, -0.15) is 0 Å². The minimum absolute atomic E-state index is 0.0784. The van der Waals surface area contributed by atoms with Crippen LogP contribution in [0.25, 0.3) is 0 Å². The van der Waals surface area contributed by atoms with Gasteiger partial charge in [-0.15, -0.1) is 0 Å². The van der Waals surface area contributed by atoms with Crippen LogP contribution >= 0.6 is 0 Å². The van der Waals surface area contributed by atoms with Crippen LogP contribution in [-0.2, 0) is 14.3 Å². The molecule has 0 spiro atoms. The summed E-state index contributed by atoms with van der Waals surface area (Å²) in [4.78, 5) is 23.1. The summed E-state index contributed by atoms with van der Waals surface area (Å²) >= 11 is 0. The van der Waals surface area contributed by atoms with E-state index in [0.717, 1.165) is 38.2 Å². The van der Waals surface area contributed by atoms with Crippen molar-refractivity contribution < 1.29 is 14.3 Å². The lowest BCUT2D eigenvalue weighted by molar-refractivity contribution is -0.154. The number of carbonyl (C=O) groups is 1. The Bertz CT molecular complexity index is 555. The molecule has 0 aromatic carbocycles. The first-order valence-corrected chi connectivity index (χ1v) is 9.12. The summed E-state index contributed by atoms with van der Waals surface area (Å²) in [6.07, 6.45) is 7.64. The molecule has 0 bridgehead atoms. The molecule has 0 radical (unpaired) electrons. The molecule has 2 aliphatic rings. The Hall–Kier alpha value is -1.73. The van der Waals surface area contributed by atoms with E-state index in [4.69, 9.17) is 9.47 Å². The summed E-state index contributed by atoms with van der Waals surface area (Å²) in [6.45, 7) is 7.73. The number of nitrogens with zero attached hydrogens (tertiary/aromatic N) is 3. The number of aromatic nitrogens is 2. The SMILES string of the molecule is C[C@H](CNC(=O)C1CCN(c2cnccn2)CC1)CC1(C)OCCO1. The standard InChI is InChI=1S/C18H28N4O3/c1-14(11-18(2)24-9-10-25-18)12-21-17(23)15-3-7-22(8-4-15)16-13-19-5-6-20-16/h5-6,13-15H,3-4,7-12H2,1-2H3,(H,21,23)/t14-/m0/s1. The summed E-state index contributed by atoms with van der Waals surface area (Å²) in [5, 5.41) is 3.10. The van der Waals surface area contributed by atoms with Crippen LogP contribution in [0.1, 0.15) is 33.1 Å². The molecule has 1 atom stereocenters. The summed E-state index contributed by atoms with van der Waals surface area (Å²) < 4.78 is 11.3. The second kappa shape index (κ2) is 8.10. The summed E-state index contributed by atoms with van der Waals surface area (Å²) in [5.41, 5.74) is 0. The molecular formula is C18H28N4O3. The van der Waals surface area contributed by atoms with E-state index in [1.807, 2.05) is 6.92 Å². The zero-order valence-corrected chi connectivity index (χ0v) is 15.1. The average molecular weight is 348 g/mol. The Labute approximate surface area is 149 Å². The zero-order chi connectivity index (χ0) is 17.7. The third-order valence-electron chi connectivity index (χ3n) is 4.98. The van der Waals surface area contributed by atoms with E-state index in [1.165, 1.54) is 0 Å². The van der Waals surface area contributed by atoms with Gasteiger partial charge >= 0.3 is 0 Å². The van der Waals surface area contributed by atoms with Crippen LogP contribution < -0.4 is 10.2 Å². The summed E-state index contributed by atoms with van der Waals surface area (Å²) in [7, 11) is 0. The van der Waals surface area contributed by atoms with E-state index in [2.05, 4.69) is 27.1 Å². The number of rotatable bonds is 6. The van der Waals surface area contributed by atoms with Gasteiger partial charge in [0.25, 0.3) is 0 Å². The number of hydrogen-bond acceptors (Lipinski definition) is 6. The van der Waals surface area contributed by atoms with Crippen molar-refractivity contribution in [3.8, 4) is 0 Å². The van der Waals surface area contributed by atoms with Crippen molar-refractivity contribution >= 4 is 11.7 Å². The highest BCUT2D eigenvalue weighted by Crippen LogP contribution is 2.26. The third kappa shape index (κ3) is 4.89. The van der Waals surface area contributed by atoms with Gasteiger partial charge in [0.15, 0.2) is 5.79 Å². The van der Waals surface area contributed by atoms with Gasteiger partial charge in [-0.3, -0.25) is 9.78 Å². The molecule has 2 fully saturated rings. The Morgan fingerprint density at radius 2 is 2.08 bits per heavy atom. The molecule has 1 amide bonds. The van der Waals surface area contributed by atoms with Crippen molar-refractivity contribution in [1.29, 1.82) is 0 Å². The number of carbonyl (C=O) groups excluding carboxylic acids is 1. The quantitative estimate of drug-likeness (QED) is 0.841. The van der Waals surface area contributed by atoms with Gasteiger partial charge in [0, 0.05) is 44.4 Å². The van der Waals surface area contributed by atoms with Gasteiger partial charge < -0.3 is 19.7 Å². The van der Waals surface area contributed by atoms with Crippen LogP contribution in [0.5, 0.6) is 0 Å². The lowest BCUT2D eigenvalue weighted by Crippen LogP contribution is -2.42. The highest BCUT2D eigenvalue weighted by molar-refractivity contribution is 5.78. The number of piperidine rings is 1. The number of anilines is 1. The molecule has 2 aliphatic heterocycles. The first kappa shape index (κ1) is 18.1. The molecule has 7 heteroatoms. The Morgan fingerprint density at radius 1 is 1.36 bits per heavy atom. The normalized spacial score (nSPS) is 21.9. The largest absolute Gasteiger partial charge is 0.356 e. The van der Waals surface area contributed by atoms with Gasteiger partial charge in [-0.05, 0) is 25.7 Å². The first-order chi connectivity index (χ1) is 12.1. The van der Waals surface area contributed by atoms with Crippen molar-refractivity contribution in [2.24, 2.45) is 11.8 Å². The van der Waals surface area contributed by atoms with Crippen molar-refractivity contribution in [2.45, 2.75) is 38.9 Å². The molecule has 0 unspecified atom stereocenters. The fourth-order valence-corrected chi connectivity index (χ4v) is 3.62. The van der Waals surface area contributed by atoms with E-state index >= 15 is 0 Å². The number of hydrogen-bond donors (Lipinski definition) is 1. The number of nitrogens with one attached hydrogen (secondary N) is 1. The van der Waals surface area contributed by atoms with Crippen LogP contribution in [0.15, 0.2) is 18.6 Å². The molecule has 138 valence electrons. The van der Waals surface area contributed by atoms with Crippen molar-refractivity contribution in [3.63, 3.8) is 0 Å². The smallest absolute Gasteiger partial charge is 0.223 e. The van der Waals surface area contributed by atoms with Crippen LogP contribution in [0, 0.1) is 11.8 Å². The van der Waals surface area contributed by atoms with Crippen molar-refractivity contribution in [3.05, 3.63) is 18.6 Å². The average Bonchev–Trinajstić information content (AvgIpc) is 3.06. The maximum absolute atomic E-state index is 12.4. The maximum Gasteiger partial charge on any atom is 0.223 e. The van der Waals surface area contributed by atoms with E-state index in [0.29, 0.717) is 25.7 Å². The van der Waals surface area contributed by atoms with Crippen LogP contribution in [-0.4, -0.2) is 54.5 Å². The minimum atomic E-state index is -0.494. The van der Waals surface area contributed by atoms with Crippen molar-refractivity contribution in [1.82, 2.24) is 15.3 Å². The van der Waals surface area contributed by atoms with E-state index < -0.39 is 5.79 Å². The van der Waals surface area contributed by atoms with E-state index in [1.54, 1.807) is 18.6 Å². The highest BCUT2D eigenvalue weighted by atomic mass is 16.7. The predicted octanol–water partition coefficient (Wildman–Crippen LogP) is 1.60. The molecule has 2 saturated heterocycles. The topological polar surface area (TPSA) is 76.6 Å². The summed E-state index contributed by atoms with van der Waals surface area (Å²) in [5.74, 6) is 0.942. The fraction of sp³-hybridized carbons (Fsp3) is 0.722. The van der Waals surface area contributed by atoms with Gasteiger partial charge in [-0.1, -0.05) is 6.92 Å². The van der Waals surface area contributed by atoms with Gasteiger partial charge in [0.05, 0.1) is 19.4 Å². The molecule has 25 heavy (non-hydrogen) atoms. The molecule has 1 aromatic rings. The predicted molar refractivity (Wildman–Crippen MR) is 94.1 cm³/mol. The molecule has 3 heterocycles. The molecule has 0 saturated carbocycles. The summed E-state index contributed by atoms with van der Waals surface area (Å²) in [6, 6.07) is 0. The molecule has 7 nitrogen and oxygen atoms in total. The number of ether oxygens (including phenoxy) is 2. The van der Waals surface area contributed by atoms with Crippen LogP contribution in [0.2, 0.25) is 0 Å². The molecule has 1 N–H and O–H groups in total. The molecule has 1 aromatic heterocycles. The van der Waals surface area contributed by atoms with Gasteiger partial charge in [-0.25, -0.2) is 4.98 Å². The van der Waals surface area contributed by atoms with Gasteiger partial charge in [0.1, 0.15) is 5.82 Å². The van der Waals surface area contributed by atoms with Crippen molar-refractivity contribution in [2.75, 3.05) is 37.7 Å². The Kier molecular flexibility index (Phi) is 5.86. The zero-order valence-electron chi connectivity index (χ0n) is 15.1. The molecule has 0 aliphatic carbocycles. The Balaban J connectivity index is 1.39. The van der Waals surface area contributed by atoms with Gasteiger partial charge in [0.2, 0.25) is 5.91 Å². The fourth-order valence-electron chi connectivity index (χ4n) is 3.62.